The maximum atomic E-state index is 9.82. The summed E-state index contributed by atoms with van der Waals surface area (Å²) in [5, 5.41) is 10.7. The molecule has 1 heterocycles. The zero-order chi connectivity index (χ0) is 16.4. The predicted octanol–water partition coefficient (Wildman–Crippen LogP) is 5.25. The normalized spacial score (nSPS) is 10.8. The second-order valence-corrected chi connectivity index (χ2v) is 6.47. The summed E-state index contributed by atoms with van der Waals surface area (Å²) in [5.74, 6) is 0.820. The van der Waals surface area contributed by atoms with Crippen molar-refractivity contribution in [3.8, 4) is 22.1 Å². The van der Waals surface area contributed by atoms with Gasteiger partial charge in [0.05, 0.1) is 15.8 Å². The summed E-state index contributed by atoms with van der Waals surface area (Å²) in [4.78, 5) is 4.69. The van der Waals surface area contributed by atoms with Crippen LogP contribution in [0, 0.1) is 0 Å². The quantitative estimate of drug-likeness (QED) is 0.555. The number of aromatic nitrogens is 1. The molecule has 0 atom stereocenters. The molecule has 0 unspecified atom stereocenters. The smallest absolute Gasteiger partial charge is 0.133 e. The third-order valence-corrected chi connectivity index (χ3v) is 4.80. The number of para-hydroxylation sites is 1. The van der Waals surface area contributed by atoms with Crippen LogP contribution >= 0.6 is 11.3 Å². The number of phenols is 1. The first-order valence-corrected chi connectivity index (χ1v) is 8.47. The molecule has 0 amide bonds. The van der Waals surface area contributed by atoms with Crippen LogP contribution in [-0.4, -0.2) is 10.1 Å². The lowest BCUT2D eigenvalue weighted by Gasteiger charge is -2.10. The van der Waals surface area contributed by atoms with Crippen LogP contribution in [0.3, 0.4) is 0 Å². The third-order valence-electron chi connectivity index (χ3n) is 3.73. The monoisotopic (exact) mass is 333 g/mol. The van der Waals surface area contributed by atoms with Crippen molar-refractivity contribution in [1.29, 1.82) is 0 Å². The molecule has 1 N–H and O–H groups in total. The molecule has 0 aliphatic carbocycles. The number of hydrogen-bond donors (Lipinski definition) is 1. The Hall–Kier alpha value is -2.85. The van der Waals surface area contributed by atoms with E-state index < -0.39 is 0 Å². The Bertz CT molecular complexity index is 946. The zero-order valence-corrected chi connectivity index (χ0v) is 13.7. The van der Waals surface area contributed by atoms with Crippen molar-refractivity contribution in [3.63, 3.8) is 0 Å². The molecule has 1 aromatic heterocycles. The van der Waals surface area contributed by atoms with Crippen LogP contribution < -0.4 is 4.74 Å². The number of thiazole rings is 1. The SMILES string of the molecule is Oc1ccc(-c2nc3ccccc3s2)c(OCc2ccccc2)c1. The highest BCUT2D eigenvalue weighted by atomic mass is 32.1. The first-order chi connectivity index (χ1) is 11.8. The minimum Gasteiger partial charge on any atom is -0.508 e. The van der Waals surface area contributed by atoms with Crippen molar-refractivity contribution in [3.05, 3.63) is 78.4 Å². The van der Waals surface area contributed by atoms with Gasteiger partial charge in [-0.2, -0.15) is 0 Å². The molecule has 0 radical (unpaired) electrons. The Morgan fingerprint density at radius 1 is 0.917 bits per heavy atom. The second kappa shape index (κ2) is 6.34. The Morgan fingerprint density at radius 2 is 1.71 bits per heavy atom. The van der Waals surface area contributed by atoms with Crippen molar-refractivity contribution in [1.82, 2.24) is 4.98 Å². The summed E-state index contributed by atoms with van der Waals surface area (Å²) in [7, 11) is 0. The predicted molar refractivity (Wildman–Crippen MR) is 97.5 cm³/mol. The molecule has 0 aliphatic rings. The number of ether oxygens (including phenoxy) is 1. The van der Waals surface area contributed by atoms with Crippen LogP contribution in [0.2, 0.25) is 0 Å². The van der Waals surface area contributed by atoms with E-state index in [1.165, 1.54) is 0 Å². The van der Waals surface area contributed by atoms with Gasteiger partial charge in [0.15, 0.2) is 0 Å². The van der Waals surface area contributed by atoms with E-state index in [1.807, 2.05) is 54.6 Å². The number of rotatable bonds is 4. The topological polar surface area (TPSA) is 42.4 Å². The molecule has 0 saturated heterocycles. The molecular weight excluding hydrogens is 318 g/mol. The molecule has 3 nitrogen and oxygen atoms in total. The number of phenolic OH excluding ortho intramolecular Hbond substituents is 1. The zero-order valence-electron chi connectivity index (χ0n) is 12.8. The summed E-state index contributed by atoms with van der Waals surface area (Å²) in [5.41, 5.74) is 2.95. The van der Waals surface area contributed by atoms with Gasteiger partial charge in [-0.3, -0.25) is 0 Å². The lowest BCUT2D eigenvalue weighted by Crippen LogP contribution is -1.96. The van der Waals surface area contributed by atoms with E-state index in [9.17, 15) is 5.11 Å². The highest BCUT2D eigenvalue weighted by molar-refractivity contribution is 7.21. The van der Waals surface area contributed by atoms with E-state index in [1.54, 1.807) is 23.5 Å². The van der Waals surface area contributed by atoms with Crippen molar-refractivity contribution >= 4 is 21.6 Å². The van der Waals surface area contributed by atoms with E-state index in [0.29, 0.717) is 12.4 Å². The van der Waals surface area contributed by atoms with Gasteiger partial charge in [0.25, 0.3) is 0 Å². The number of fused-ring (bicyclic) bond motifs is 1. The fraction of sp³-hybridized carbons (Fsp3) is 0.0500. The highest BCUT2D eigenvalue weighted by Gasteiger charge is 2.12. The van der Waals surface area contributed by atoms with E-state index in [0.717, 1.165) is 26.4 Å². The molecule has 4 aromatic rings. The molecule has 0 aliphatic heterocycles. The van der Waals surface area contributed by atoms with Gasteiger partial charge in [-0.25, -0.2) is 4.98 Å². The Labute approximate surface area is 143 Å². The average Bonchev–Trinajstić information content (AvgIpc) is 3.05. The highest BCUT2D eigenvalue weighted by Crippen LogP contribution is 2.37. The van der Waals surface area contributed by atoms with Crippen LogP contribution in [0.5, 0.6) is 11.5 Å². The molecule has 0 spiro atoms. The number of benzene rings is 3. The molecule has 0 saturated carbocycles. The lowest BCUT2D eigenvalue weighted by atomic mass is 10.2. The van der Waals surface area contributed by atoms with Gasteiger partial charge in [-0.15, -0.1) is 11.3 Å². The van der Waals surface area contributed by atoms with Gasteiger partial charge in [0, 0.05) is 6.07 Å². The number of aromatic hydroxyl groups is 1. The average molecular weight is 333 g/mol. The van der Waals surface area contributed by atoms with Gasteiger partial charge in [0.1, 0.15) is 23.1 Å². The molecule has 4 rings (SSSR count). The lowest BCUT2D eigenvalue weighted by molar-refractivity contribution is 0.305. The maximum absolute atomic E-state index is 9.82. The van der Waals surface area contributed by atoms with Crippen LogP contribution in [-0.2, 0) is 6.61 Å². The summed E-state index contributed by atoms with van der Waals surface area (Å²) in [6.45, 7) is 0.447. The third kappa shape index (κ3) is 2.96. The summed E-state index contributed by atoms with van der Waals surface area (Å²) in [6.07, 6.45) is 0. The van der Waals surface area contributed by atoms with Crippen molar-refractivity contribution in [2.45, 2.75) is 6.61 Å². The molecule has 24 heavy (non-hydrogen) atoms. The first kappa shape index (κ1) is 14.7. The fourth-order valence-electron chi connectivity index (χ4n) is 2.53. The minimum absolute atomic E-state index is 0.183. The van der Waals surface area contributed by atoms with Crippen LogP contribution in [0.4, 0.5) is 0 Å². The van der Waals surface area contributed by atoms with Crippen LogP contribution in [0.25, 0.3) is 20.8 Å². The molecular formula is C20H15NO2S. The summed E-state index contributed by atoms with van der Waals surface area (Å²) >= 11 is 1.62. The van der Waals surface area contributed by atoms with E-state index in [-0.39, 0.29) is 5.75 Å². The summed E-state index contributed by atoms with van der Waals surface area (Å²) in [6, 6.07) is 23.2. The minimum atomic E-state index is 0.183. The van der Waals surface area contributed by atoms with E-state index in [2.05, 4.69) is 11.1 Å². The van der Waals surface area contributed by atoms with Gasteiger partial charge in [-0.1, -0.05) is 42.5 Å². The van der Waals surface area contributed by atoms with Gasteiger partial charge < -0.3 is 9.84 Å². The standard InChI is InChI=1S/C20H15NO2S/c22-15-10-11-16(20-21-17-8-4-5-9-19(17)24-20)18(12-15)23-13-14-6-2-1-3-7-14/h1-12,22H,13H2. The van der Waals surface area contributed by atoms with Crippen molar-refractivity contribution in [2.75, 3.05) is 0 Å². The number of hydrogen-bond acceptors (Lipinski definition) is 4. The van der Waals surface area contributed by atoms with Gasteiger partial charge in [0.2, 0.25) is 0 Å². The Kier molecular flexibility index (Phi) is 3.89. The van der Waals surface area contributed by atoms with E-state index >= 15 is 0 Å². The first-order valence-electron chi connectivity index (χ1n) is 7.65. The van der Waals surface area contributed by atoms with Gasteiger partial charge in [-0.05, 0) is 29.8 Å². The van der Waals surface area contributed by atoms with Gasteiger partial charge >= 0.3 is 0 Å². The van der Waals surface area contributed by atoms with Crippen LogP contribution in [0.15, 0.2) is 72.8 Å². The largest absolute Gasteiger partial charge is 0.508 e. The molecule has 0 bridgehead atoms. The molecule has 118 valence electrons. The molecule has 3 aromatic carbocycles. The second-order valence-electron chi connectivity index (χ2n) is 5.44. The Balaban J connectivity index is 1.70. The molecule has 0 fully saturated rings. The van der Waals surface area contributed by atoms with Crippen molar-refractivity contribution in [2.24, 2.45) is 0 Å². The number of nitrogens with zero attached hydrogens (tertiary/aromatic N) is 1. The molecule has 4 heteroatoms. The Morgan fingerprint density at radius 3 is 2.54 bits per heavy atom. The maximum Gasteiger partial charge on any atom is 0.133 e. The van der Waals surface area contributed by atoms with Crippen LogP contribution in [0.1, 0.15) is 5.56 Å². The van der Waals surface area contributed by atoms with E-state index in [4.69, 9.17) is 4.74 Å². The van der Waals surface area contributed by atoms with Crippen molar-refractivity contribution < 1.29 is 9.84 Å². The summed E-state index contributed by atoms with van der Waals surface area (Å²) < 4.78 is 7.09. The fourth-order valence-corrected chi connectivity index (χ4v) is 3.53.